The first-order valence-corrected chi connectivity index (χ1v) is 7.43. The fraction of sp³-hybridized carbons (Fsp3) is 0.0714. The average molecular weight is 381 g/mol. The van der Waals surface area contributed by atoms with Crippen molar-refractivity contribution in [3.8, 4) is 11.5 Å². The van der Waals surface area contributed by atoms with Gasteiger partial charge in [0.1, 0.15) is 11.5 Å². The van der Waals surface area contributed by atoms with Crippen molar-refractivity contribution in [2.75, 3.05) is 11.9 Å². The van der Waals surface area contributed by atoms with E-state index < -0.39 is 5.91 Å². The van der Waals surface area contributed by atoms with Gasteiger partial charge in [0.2, 0.25) is 0 Å². The molecule has 2 rings (SSSR count). The number of phenols is 1. The zero-order chi connectivity index (χ0) is 16.3. The van der Waals surface area contributed by atoms with Gasteiger partial charge in [-0.25, -0.2) is 0 Å². The number of rotatable bonds is 4. The van der Waals surface area contributed by atoms with Gasteiger partial charge < -0.3 is 15.2 Å². The van der Waals surface area contributed by atoms with Gasteiger partial charge in [-0.05, 0) is 24.3 Å². The minimum absolute atomic E-state index is 0.106. The van der Waals surface area contributed by atoms with Crippen LogP contribution >= 0.6 is 46.4 Å². The van der Waals surface area contributed by atoms with Crippen LogP contribution in [0.5, 0.6) is 11.5 Å². The van der Waals surface area contributed by atoms with Gasteiger partial charge in [0.05, 0.1) is 20.8 Å². The number of halogens is 4. The lowest BCUT2D eigenvalue weighted by Gasteiger charge is -2.10. The first-order chi connectivity index (χ1) is 10.4. The van der Waals surface area contributed by atoms with Gasteiger partial charge in [-0.3, -0.25) is 4.79 Å². The fourth-order valence-electron chi connectivity index (χ4n) is 1.55. The van der Waals surface area contributed by atoms with Crippen LogP contribution in [0.25, 0.3) is 0 Å². The summed E-state index contributed by atoms with van der Waals surface area (Å²) in [5.41, 5.74) is 0.182. The Morgan fingerprint density at radius 1 is 1.05 bits per heavy atom. The molecule has 0 aliphatic carbocycles. The quantitative estimate of drug-likeness (QED) is 0.578. The van der Waals surface area contributed by atoms with Gasteiger partial charge in [-0.2, -0.15) is 0 Å². The highest BCUT2D eigenvalue weighted by Gasteiger charge is 2.11. The van der Waals surface area contributed by atoms with Gasteiger partial charge in [0.15, 0.2) is 6.61 Å². The maximum Gasteiger partial charge on any atom is 0.262 e. The Balaban J connectivity index is 2.01. The summed E-state index contributed by atoms with van der Waals surface area (Å²) in [7, 11) is 0. The molecule has 0 atom stereocenters. The second kappa shape index (κ2) is 7.29. The molecule has 1 amide bonds. The van der Waals surface area contributed by atoms with E-state index in [-0.39, 0.29) is 38.9 Å². The molecule has 0 aromatic heterocycles. The maximum atomic E-state index is 11.8. The summed E-state index contributed by atoms with van der Waals surface area (Å²) >= 11 is 23.4. The van der Waals surface area contributed by atoms with Gasteiger partial charge in [-0.15, -0.1) is 0 Å². The normalized spacial score (nSPS) is 10.4. The molecule has 0 unspecified atom stereocenters. The first-order valence-electron chi connectivity index (χ1n) is 5.92. The van der Waals surface area contributed by atoms with Gasteiger partial charge in [0.25, 0.3) is 5.91 Å². The molecule has 0 radical (unpaired) electrons. The van der Waals surface area contributed by atoms with E-state index in [1.165, 1.54) is 30.3 Å². The third-order valence-corrected chi connectivity index (χ3v) is 3.82. The molecular formula is C14H9Cl4NO3. The minimum atomic E-state index is -0.500. The smallest absolute Gasteiger partial charge is 0.262 e. The molecule has 22 heavy (non-hydrogen) atoms. The Hall–Kier alpha value is -1.33. The Morgan fingerprint density at radius 2 is 1.73 bits per heavy atom. The van der Waals surface area contributed by atoms with Crippen LogP contribution in [-0.2, 0) is 4.79 Å². The van der Waals surface area contributed by atoms with E-state index in [0.29, 0.717) is 5.02 Å². The average Bonchev–Trinajstić information content (AvgIpc) is 2.45. The van der Waals surface area contributed by atoms with E-state index >= 15 is 0 Å². The van der Waals surface area contributed by atoms with E-state index in [1.807, 2.05) is 0 Å². The summed E-state index contributed by atoms with van der Waals surface area (Å²) in [5.74, 6) is -0.383. The third kappa shape index (κ3) is 4.34. The number of aromatic hydroxyl groups is 1. The van der Waals surface area contributed by atoms with E-state index in [4.69, 9.17) is 51.1 Å². The lowest BCUT2D eigenvalue weighted by molar-refractivity contribution is -0.118. The van der Waals surface area contributed by atoms with Crippen molar-refractivity contribution >= 4 is 58.0 Å². The van der Waals surface area contributed by atoms with Crippen molar-refractivity contribution in [3.63, 3.8) is 0 Å². The monoisotopic (exact) mass is 379 g/mol. The van der Waals surface area contributed by atoms with Crippen molar-refractivity contribution < 1.29 is 14.6 Å². The van der Waals surface area contributed by atoms with E-state index in [1.54, 1.807) is 0 Å². The number of amides is 1. The molecule has 0 saturated heterocycles. The Bertz CT molecular complexity index is 721. The van der Waals surface area contributed by atoms with E-state index in [9.17, 15) is 9.90 Å². The molecule has 116 valence electrons. The zero-order valence-electron chi connectivity index (χ0n) is 10.9. The molecule has 0 aliphatic heterocycles. The van der Waals surface area contributed by atoms with Crippen molar-refractivity contribution in [1.82, 2.24) is 0 Å². The third-order valence-electron chi connectivity index (χ3n) is 2.57. The number of benzene rings is 2. The molecular weight excluding hydrogens is 372 g/mol. The molecule has 2 N–H and O–H groups in total. The van der Waals surface area contributed by atoms with Crippen LogP contribution in [0.4, 0.5) is 5.69 Å². The number of ether oxygens (including phenoxy) is 1. The van der Waals surface area contributed by atoms with Gasteiger partial charge >= 0.3 is 0 Å². The Labute approximate surface area is 146 Å². The van der Waals surface area contributed by atoms with Crippen molar-refractivity contribution in [2.24, 2.45) is 0 Å². The molecule has 0 bridgehead atoms. The molecule has 0 spiro atoms. The molecule has 0 saturated carbocycles. The number of phenolic OH excluding ortho intramolecular Hbond substituents is 1. The highest BCUT2D eigenvalue weighted by Crippen LogP contribution is 2.34. The topological polar surface area (TPSA) is 58.6 Å². The van der Waals surface area contributed by atoms with Gasteiger partial charge in [-0.1, -0.05) is 46.4 Å². The number of nitrogens with one attached hydrogen (secondary N) is 1. The lowest BCUT2D eigenvalue weighted by atomic mass is 10.3. The first kappa shape index (κ1) is 17.0. The van der Waals surface area contributed by atoms with Crippen molar-refractivity contribution in [1.29, 1.82) is 0 Å². The molecule has 2 aromatic carbocycles. The van der Waals surface area contributed by atoms with E-state index in [2.05, 4.69) is 5.32 Å². The molecule has 8 heteroatoms. The number of carbonyl (C=O) groups excluding carboxylic acids is 1. The molecule has 2 aromatic rings. The lowest BCUT2D eigenvalue weighted by Crippen LogP contribution is -2.20. The standard InChI is InChI=1S/C14H9Cl4NO3/c15-7-1-2-12(20)11(3-7)19-14(21)6-22-13-5-9(17)8(16)4-10(13)18/h1-5,20H,6H2,(H,19,21). The number of anilines is 1. The van der Waals surface area contributed by atoms with Crippen LogP contribution in [0.1, 0.15) is 0 Å². The summed E-state index contributed by atoms with van der Waals surface area (Å²) in [6.45, 7) is -0.330. The largest absolute Gasteiger partial charge is 0.506 e. The van der Waals surface area contributed by atoms with Crippen LogP contribution in [0.15, 0.2) is 30.3 Å². The number of hydrogen-bond donors (Lipinski definition) is 2. The maximum absolute atomic E-state index is 11.8. The highest BCUT2D eigenvalue weighted by molar-refractivity contribution is 6.43. The minimum Gasteiger partial charge on any atom is -0.506 e. The zero-order valence-corrected chi connectivity index (χ0v) is 13.9. The molecule has 0 heterocycles. The predicted octanol–water partition coefficient (Wildman–Crippen LogP) is 5.02. The molecule has 0 aliphatic rings. The van der Waals surface area contributed by atoms with E-state index in [0.717, 1.165) is 0 Å². The SMILES string of the molecule is O=C(COc1cc(Cl)c(Cl)cc1Cl)Nc1cc(Cl)ccc1O. The van der Waals surface area contributed by atoms with Crippen LogP contribution < -0.4 is 10.1 Å². The summed E-state index contributed by atoms with van der Waals surface area (Å²) < 4.78 is 5.28. The summed E-state index contributed by atoms with van der Waals surface area (Å²) in [6, 6.07) is 7.12. The Morgan fingerprint density at radius 3 is 2.45 bits per heavy atom. The fourth-order valence-corrected chi connectivity index (χ4v) is 2.32. The van der Waals surface area contributed by atoms with Crippen LogP contribution in [0.3, 0.4) is 0 Å². The predicted molar refractivity (Wildman–Crippen MR) is 88.7 cm³/mol. The number of hydrogen-bond acceptors (Lipinski definition) is 3. The Kier molecular flexibility index (Phi) is 5.64. The molecule has 0 fully saturated rings. The summed E-state index contributed by atoms with van der Waals surface area (Å²) in [5, 5.41) is 13.2. The molecule has 4 nitrogen and oxygen atoms in total. The number of carbonyl (C=O) groups is 1. The van der Waals surface area contributed by atoms with Crippen LogP contribution in [-0.4, -0.2) is 17.6 Å². The second-order valence-corrected chi connectivity index (χ2v) is 5.85. The van der Waals surface area contributed by atoms with Gasteiger partial charge in [0, 0.05) is 11.1 Å². The van der Waals surface area contributed by atoms with Crippen molar-refractivity contribution in [3.05, 3.63) is 50.4 Å². The van der Waals surface area contributed by atoms with Crippen LogP contribution in [0.2, 0.25) is 20.1 Å². The summed E-state index contributed by atoms with van der Waals surface area (Å²) in [6.07, 6.45) is 0. The summed E-state index contributed by atoms with van der Waals surface area (Å²) in [4.78, 5) is 11.8. The second-order valence-electron chi connectivity index (χ2n) is 4.20. The van der Waals surface area contributed by atoms with Crippen LogP contribution in [0, 0.1) is 0 Å². The highest BCUT2D eigenvalue weighted by atomic mass is 35.5. The van der Waals surface area contributed by atoms with Crippen molar-refractivity contribution in [2.45, 2.75) is 0 Å².